The number of imidazole rings is 1. The summed E-state index contributed by atoms with van der Waals surface area (Å²) in [5.74, 6) is 0. The Bertz CT molecular complexity index is 879. The minimum Gasteiger partial charge on any atom is -0.295 e. The Morgan fingerprint density at radius 1 is 0.833 bits per heavy atom. The van der Waals surface area contributed by atoms with Crippen LogP contribution in [0, 0.1) is 0 Å². The summed E-state index contributed by atoms with van der Waals surface area (Å²) in [5, 5.41) is 5.06. The van der Waals surface area contributed by atoms with Gasteiger partial charge in [-0.05, 0) is 12.1 Å². The maximum absolute atomic E-state index is 11.8. The highest BCUT2D eigenvalue weighted by molar-refractivity contribution is 5.94. The lowest BCUT2D eigenvalue weighted by Gasteiger charge is -1.98. The number of aromatic nitrogens is 4. The topological polar surface area (TPSA) is 92.7 Å². The van der Waals surface area contributed by atoms with Gasteiger partial charge in [0.1, 0.15) is 0 Å². The fraction of sp³-hybridized carbons (Fsp3) is 0.182. The Kier molecular flexibility index (Phi) is 1.89. The van der Waals surface area contributed by atoms with Gasteiger partial charge in [0.2, 0.25) is 0 Å². The van der Waals surface area contributed by atoms with Crippen molar-refractivity contribution in [3.63, 3.8) is 0 Å². The summed E-state index contributed by atoms with van der Waals surface area (Å²) in [4.78, 5) is 35.1. The molecule has 2 N–H and O–H groups in total. The quantitative estimate of drug-likeness (QED) is 0.555. The highest BCUT2D eigenvalue weighted by Crippen LogP contribution is 2.16. The number of benzene rings is 1. The number of aryl methyl sites for hydroxylation is 2. The van der Waals surface area contributed by atoms with Crippen LogP contribution < -0.4 is 16.8 Å². The normalized spacial score (nSPS) is 11.4. The molecular formula is C11H10N4O3. The summed E-state index contributed by atoms with van der Waals surface area (Å²) in [6.07, 6.45) is 0. The molecule has 0 fully saturated rings. The lowest BCUT2D eigenvalue weighted by Crippen LogP contribution is -2.19. The molecule has 0 bridgehead atoms. The zero-order valence-electron chi connectivity index (χ0n) is 9.77. The molecule has 2 heterocycles. The van der Waals surface area contributed by atoms with E-state index in [0.717, 1.165) is 0 Å². The van der Waals surface area contributed by atoms with Crippen molar-refractivity contribution in [3.8, 4) is 0 Å². The summed E-state index contributed by atoms with van der Waals surface area (Å²) in [7, 11) is 3.25. The van der Waals surface area contributed by atoms with E-state index in [0.29, 0.717) is 11.0 Å². The molecule has 3 rings (SSSR count). The zero-order valence-corrected chi connectivity index (χ0v) is 9.77. The van der Waals surface area contributed by atoms with Crippen LogP contribution in [0.25, 0.3) is 21.8 Å². The van der Waals surface area contributed by atoms with Crippen LogP contribution in [0.2, 0.25) is 0 Å². The van der Waals surface area contributed by atoms with Crippen LogP contribution in [-0.2, 0) is 14.1 Å². The van der Waals surface area contributed by atoms with Gasteiger partial charge in [-0.25, -0.2) is 4.79 Å². The van der Waals surface area contributed by atoms with Gasteiger partial charge < -0.3 is 0 Å². The number of aromatic amines is 2. The number of H-pyrrole nitrogens is 2. The highest BCUT2D eigenvalue weighted by Gasteiger charge is 2.11. The number of hydrogen-bond donors (Lipinski definition) is 2. The number of rotatable bonds is 0. The SMILES string of the molecule is Cn1c(=O)n(C)c2cc3c(=O)[nH][nH]c(=O)c3cc21. The first kappa shape index (κ1) is 10.6. The van der Waals surface area contributed by atoms with Crippen molar-refractivity contribution in [2.24, 2.45) is 14.1 Å². The van der Waals surface area contributed by atoms with Crippen LogP contribution in [0.3, 0.4) is 0 Å². The van der Waals surface area contributed by atoms with E-state index in [1.807, 2.05) is 0 Å². The summed E-state index contributed by atoms with van der Waals surface area (Å²) >= 11 is 0. The van der Waals surface area contributed by atoms with Gasteiger partial charge in [0.15, 0.2) is 0 Å². The van der Waals surface area contributed by atoms with E-state index in [9.17, 15) is 14.4 Å². The zero-order chi connectivity index (χ0) is 13.0. The second kappa shape index (κ2) is 3.22. The Hall–Kier alpha value is -2.57. The monoisotopic (exact) mass is 246 g/mol. The van der Waals surface area contributed by atoms with Crippen LogP contribution >= 0.6 is 0 Å². The molecule has 0 radical (unpaired) electrons. The second-order valence-corrected chi connectivity index (χ2v) is 4.20. The predicted octanol–water partition coefficient (Wildman–Crippen LogP) is -0.593. The Morgan fingerprint density at radius 3 is 1.61 bits per heavy atom. The van der Waals surface area contributed by atoms with Crippen molar-refractivity contribution in [1.82, 2.24) is 19.3 Å². The summed E-state index contributed by atoms with van der Waals surface area (Å²) in [6.45, 7) is 0. The van der Waals surface area contributed by atoms with Crippen molar-refractivity contribution in [2.75, 3.05) is 0 Å². The molecule has 1 aromatic carbocycles. The van der Waals surface area contributed by atoms with Gasteiger partial charge in [-0.15, -0.1) is 0 Å². The van der Waals surface area contributed by atoms with E-state index in [1.54, 1.807) is 26.2 Å². The van der Waals surface area contributed by atoms with E-state index in [1.165, 1.54) is 9.13 Å². The molecule has 2 aromatic heterocycles. The highest BCUT2D eigenvalue weighted by atomic mass is 16.2. The van der Waals surface area contributed by atoms with Crippen LogP contribution in [0.5, 0.6) is 0 Å². The standard InChI is InChI=1S/C11H10N4O3/c1-14-7-3-5-6(10(17)13-12-9(5)16)4-8(7)15(2)11(14)18/h3-4H,1-2H3,(H,12,16)(H,13,17). The van der Waals surface area contributed by atoms with Crippen molar-refractivity contribution >= 4 is 21.8 Å². The van der Waals surface area contributed by atoms with Crippen molar-refractivity contribution < 1.29 is 0 Å². The molecule has 7 heteroatoms. The first-order valence-corrected chi connectivity index (χ1v) is 5.31. The molecule has 3 aromatic rings. The Labute approximate surface area is 99.3 Å². The summed E-state index contributed by atoms with van der Waals surface area (Å²) < 4.78 is 2.88. The third-order valence-electron chi connectivity index (χ3n) is 3.19. The largest absolute Gasteiger partial charge is 0.328 e. The summed E-state index contributed by atoms with van der Waals surface area (Å²) in [6, 6.07) is 3.11. The third-order valence-corrected chi connectivity index (χ3v) is 3.19. The Morgan fingerprint density at radius 2 is 1.22 bits per heavy atom. The van der Waals surface area contributed by atoms with Crippen molar-refractivity contribution in [2.45, 2.75) is 0 Å². The average molecular weight is 246 g/mol. The Balaban J connectivity index is 2.73. The first-order chi connectivity index (χ1) is 8.50. The van der Waals surface area contributed by atoms with Gasteiger partial charge in [0.25, 0.3) is 11.1 Å². The van der Waals surface area contributed by atoms with Crippen molar-refractivity contribution in [1.29, 1.82) is 0 Å². The molecular weight excluding hydrogens is 236 g/mol. The number of nitrogens with one attached hydrogen (secondary N) is 2. The molecule has 0 saturated carbocycles. The van der Waals surface area contributed by atoms with Gasteiger partial charge in [0.05, 0.1) is 21.8 Å². The van der Waals surface area contributed by atoms with E-state index in [-0.39, 0.29) is 27.6 Å². The number of hydrogen-bond acceptors (Lipinski definition) is 3. The van der Waals surface area contributed by atoms with Gasteiger partial charge in [-0.1, -0.05) is 0 Å². The minimum absolute atomic E-state index is 0.201. The second-order valence-electron chi connectivity index (χ2n) is 4.20. The number of fused-ring (bicyclic) bond motifs is 2. The average Bonchev–Trinajstić information content (AvgIpc) is 2.58. The lowest BCUT2D eigenvalue weighted by molar-refractivity contribution is 0.795. The first-order valence-electron chi connectivity index (χ1n) is 5.31. The molecule has 0 unspecified atom stereocenters. The fourth-order valence-corrected chi connectivity index (χ4v) is 2.17. The fourth-order valence-electron chi connectivity index (χ4n) is 2.17. The molecule has 7 nitrogen and oxygen atoms in total. The maximum Gasteiger partial charge on any atom is 0.328 e. The predicted molar refractivity (Wildman–Crippen MR) is 66.9 cm³/mol. The molecule has 0 aliphatic heterocycles. The molecule has 0 spiro atoms. The van der Waals surface area contributed by atoms with Gasteiger partial charge >= 0.3 is 5.69 Å². The molecule has 92 valence electrons. The lowest BCUT2D eigenvalue weighted by atomic mass is 10.1. The van der Waals surface area contributed by atoms with Crippen LogP contribution in [0.1, 0.15) is 0 Å². The van der Waals surface area contributed by atoms with Crippen LogP contribution in [0.4, 0.5) is 0 Å². The van der Waals surface area contributed by atoms with E-state index >= 15 is 0 Å². The van der Waals surface area contributed by atoms with Gasteiger partial charge in [-0.2, -0.15) is 0 Å². The summed E-state index contributed by atoms with van der Waals surface area (Å²) in [5.41, 5.74) is 0.260. The van der Waals surface area contributed by atoms with E-state index < -0.39 is 0 Å². The maximum atomic E-state index is 11.8. The molecule has 0 atom stereocenters. The molecule has 0 amide bonds. The third kappa shape index (κ3) is 1.15. The molecule has 0 aliphatic rings. The number of nitrogens with zero attached hydrogens (tertiary/aromatic N) is 2. The van der Waals surface area contributed by atoms with E-state index in [2.05, 4.69) is 10.2 Å². The van der Waals surface area contributed by atoms with Crippen LogP contribution in [0.15, 0.2) is 26.5 Å². The molecule has 0 aliphatic carbocycles. The van der Waals surface area contributed by atoms with Gasteiger partial charge in [0, 0.05) is 14.1 Å². The van der Waals surface area contributed by atoms with E-state index in [4.69, 9.17) is 0 Å². The van der Waals surface area contributed by atoms with Gasteiger partial charge in [-0.3, -0.25) is 28.9 Å². The molecule has 0 saturated heterocycles. The minimum atomic E-state index is -0.386. The smallest absolute Gasteiger partial charge is 0.295 e. The van der Waals surface area contributed by atoms with Crippen LogP contribution in [-0.4, -0.2) is 19.3 Å². The van der Waals surface area contributed by atoms with Crippen molar-refractivity contribution in [3.05, 3.63) is 43.3 Å². The molecule has 18 heavy (non-hydrogen) atoms.